The van der Waals surface area contributed by atoms with Crippen LogP contribution in [0.1, 0.15) is 18.9 Å². The third kappa shape index (κ3) is 3.11. The smallest absolute Gasteiger partial charge is 0.124 e. The summed E-state index contributed by atoms with van der Waals surface area (Å²) in [5.41, 5.74) is 0.900. The molecule has 1 aliphatic heterocycles. The SMILES string of the molecule is C[C@@H]1CNC[C@H](C)N1Cc1nc2ccc(F)cc2s1.Cl. The summed E-state index contributed by atoms with van der Waals surface area (Å²) in [7, 11) is 0. The molecular formula is C14H19ClFN3S. The second-order valence-electron chi connectivity index (χ2n) is 5.25. The van der Waals surface area contributed by atoms with Crippen LogP contribution in [0, 0.1) is 5.82 Å². The van der Waals surface area contributed by atoms with E-state index in [9.17, 15) is 4.39 Å². The van der Waals surface area contributed by atoms with Gasteiger partial charge in [-0.05, 0) is 32.0 Å². The van der Waals surface area contributed by atoms with Crippen molar-refractivity contribution in [2.45, 2.75) is 32.5 Å². The van der Waals surface area contributed by atoms with E-state index in [4.69, 9.17) is 0 Å². The predicted molar refractivity (Wildman–Crippen MR) is 84.2 cm³/mol. The number of hydrogen-bond donors (Lipinski definition) is 1. The zero-order chi connectivity index (χ0) is 13.4. The van der Waals surface area contributed by atoms with Crippen LogP contribution in [0.5, 0.6) is 0 Å². The highest BCUT2D eigenvalue weighted by molar-refractivity contribution is 7.18. The summed E-state index contributed by atoms with van der Waals surface area (Å²) in [6.07, 6.45) is 0. The van der Waals surface area contributed by atoms with Crippen molar-refractivity contribution in [3.8, 4) is 0 Å². The molecule has 20 heavy (non-hydrogen) atoms. The normalized spacial score (nSPS) is 23.8. The molecule has 6 heteroatoms. The number of nitrogens with zero attached hydrogens (tertiary/aromatic N) is 2. The molecular weight excluding hydrogens is 297 g/mol. The first-order valence-electron chi connectivity index (χ1n) is 6.65. The lowest BCUT2D eigenvalue weighted by Crippen LogP contribution is -2.54. The number of nitrogens with one attached hydrogen (secondary N) is 1. The van der Waals surface area contributed by atoms with Crippen molar-refractivity contribution in [3.05, 3.63) is 29.0 Å². The lowest BCUT2D eigenvalue weighted by atomic mass is 10.1. The summed E-state index contributed by atoms with van der Waals surface area (Å²) in [6.45, 7) is 7.35. The Labute approximate surface area is 128 Å². The number of aromatic nitrogens is 1. The van der Waals surface area contributed by atoms with Crippen LogP contribution in [-0.2, 0) is 6.54 Å². The Morgan fingerprint density at radius 3 is 2.75 bits per heavy atom. The molecule has 2 heterocycles. The van der Waals surface area contributed by atoms with Crippen molar-refractivity contribution in [2.75, 3.05) is 13.1 Å². The number of benzene rings is 1. The van der Waals surface area contributed by atoms with Gasteiger partial charge >= 0.3 is 0 Å². The molecule has 0 saturated carbocycles. The van der Waals surface area contributed by atoms with E-state index in [1.54, 1.807) is 23.5 Å². The van der Waals surface area contributed by atoms with Gasteiger partial charge in [0.2, 0.25) is 0 Å². The van der Waals surface area contributed by atoms with Crippen molar-refractivity contribution in [1.82, 2.24) is 15.2 Å². The monoisotopic (exact) mass is 315 g/mol. The summed E-state index contributed by atoms with van der Waals surface area (Å²) >= 11 is 1.60. The molecule has 2 atom stereocenters. The fraction of sp³-hybridized carbons (Fsp3) is 0.500. The lowest BCUT2D eigenvalue weighted by molar-refractivity contribution is 0.109. The average Bonchev–Trinajstić information content (AvgIpc) is 2.75. The van der Waals surface area contributed by atoms with Gasteiger partial charge < -0.3 is 5.32 Å². The fourth-order valence-corrected chi connectivity index (χ4v) is 3.65. The van der Waals surface area contributed by atoms with E-state index >= 15 is 0 Å². The van der Waals surface area contributed by atoms with E-state index in [1.165, 1.54) is 6.07 Å². The Morgan fingerprint density at radius 1 is 1.35 bits per heavy atom. The van der Waals surface area contributed by atoms with Crippen LogP contribution in [-0.4, -0.2) is 35.1 Å². The van der Waals surface area contributed by atoms with Gasteiger partial charge in [0.05, 0.1) is 16.8 Å². The van der Waals surface area contributed by atoms with Crippen molar-refractivity contribution in [1.29, 1.82) is 0 Å². The van der Waals surface area contributed by atoms with Crippen LogP contribution in [0.2, 0.25) is 0 Å². The molecule has 2 aromatic rings. The molecule has 0 aliphatic carbocycles. The molecule has 1 saturated heterocycles. The molecule has 0 spiro atoms. The Balaban J connectivity index is 0.00000147. The van der Waals surface area contributed by atoms with Gasteiger partial charge in [-0.1, -0.05) is 0 Å². The van der Waals surface area contributed by atoms with Gasteiger partial charge in [0, 0.05) is 25.2 Å². The summed E-state index contributed by atoms with van der Waals surface area (Å²) in [6, 6.07) is 5.82. The first-order valence-corrected chi connectivity index (χ1v) is 7.46. The highest BCUT2D eigenvalue weighted by Crippen LogP contribution is 2.25. The van der Waals surface area contributed by atoms with Crippen molar-refractivity contribution < 1.29 is 4.39 Å². The largest absolute Gasteiger partial charge is 0.314 e. The number of rotatable bonds is 2. The van der Waals surface area contributed by atoms with Gasteiger partial charge in [-0.25, -0.2) is 9.37 Å². The number of piperazine rings is 1. The maximum atomic E-state index is 13.2. The minimum Gasteiger partial charge on any atom is -0.314 e. The Kier molecular flexibility index (Phi) is 4.96. The predicted octanol–water partition coefficient (Wildman–Crippen LogP) is 3.04. The molecule has 1 aromatic heterocycles. The Morgan fingerprint density at radius 2 is 2.05 bits per heavy atom. The maximum Gasteiger partial charge on any atom is 0.124 e. The van der Waals surface area contributed by atoms with Crippen molar-refractivity contribution >= 4 is 34.0 Å². The van der Waals surface area contributed by atoms with Gasteiger partial charge in [-0.15, -0.1) is 23.7 Å². The number of hydrogen-bond acceptors (Lipinski definition) is 4. The van der Waals surface area contributed by atoms with Gasteiger partial charge in [-0.2, -0.15) is 0 Å². The molecule has 1 aliphatic rings. The Bertz CT molecular complexity index is 579. The topological polar surface area (TPSA) is 28.2 Å². The minimum atomic E-state index is -0.188. The quantitative estimate of drug-likeness (QED) is 0.923. The molecule has 110 valence electrons. The molecule has 3 nitrogen and oxygen atoms in total. The van der Waals surface area contributed by atoms with Crippen molar-refractivity contribution in [2.24, 2.45) is 0 Å². The number of thiazole rings is 1. The molecule has 1 fully saturated rings. The van der Waals surface area contributed by atoms with E-state index in [0.29, 0.717) is 12.1 Å². The number of fused-ring (bicyclic) bond motifs is 1. The van der Waals surface area contributed by atoms with E-state index in [0.717, 1.165) is 34.9 Å². The third-order valence-electron chi connectivity index (χ3n) is 3.72. The molecule has 0 unspecified atom stereocenters. The zero-order valence-electron chi connectivity index (χ0n) is 11.6. The van der Waals surface area contributed by atoms with Gasteiger partial charge in [0.1, 0.15) is 10.8 Å². The van der Waals surface area contributed by atoms with E-state index in [-0.39, 0.29) is 18.2 Å². The summed E-state index contributed by atoms with van der Waals surface area (Å²) < 4.78 is 14.1. The van der Waals surface area contributed by atoms with Crippen molar-refractivity contribution in [3.63, 3.8) is 0 Å². The molecule has 0 radical (unpaired) electrons. The minimum absolute atomic E-state index is 0. The van der Waals surface area contributed by atoms with Gasteiger partial charge in [-0.3, -0.25) is 4.90 Å². The van der Waals surface area contributed by atoms with E-state index < -0.39 is 0 Å². The molecule has 1 N–H and O–H groups in total. The lowest BCUT2D eigenvalue weighted by Gasteiger charge is -2.38. The molecule has 1 aromatic carbocycles. The average molecular weight is 316 g/mol. The van der Waals surface area contributed by atoms with Crippen LogP contribution < -0.4 is 5.32 Å². The fourth-order valence-electron chi connectivity index (χ4n) is 2.65. The van der Waals surface area contributed by atoms with Crippen LogP contribution in [0.15, 0.2) is 18.2 Å². The molecule has 0 bridgehead atoms. The second kappa shape index (κ2) is 6.35. The highest BCUT2D eigenvalue weighted by atomic mass is 35.5. The first-order chi connectivity index (χ1) is 9.13. The second-order valence-corrected chi connectivity index (χ2v) is 6.36. The van der Waals surface area contributed by atoms with Crippen LogP contribution in [0.4, 0.5) is 4.39 Å². The molecule has 3 rings (SSSR count). The van der Waals surface area contributed by atoms with Gasteiger partial charge in [0.15, 0.2) is 0 Å². The van der Waals surface area contributed by atoms with Crippen LogP contribution >= 0.6 is 23.7 Å². The summed E-state index contributed by atoms with van der Waals surface area (Å²) in [5.74, 6) is -0.188. The third-order valence-corrected chi connectivity index (χ3v) is 4.73. The standard InChI is InChI=1S/C14H18FN3S.ClH/c1-9-6-16-7-10(2)18(9)8-14-17-12-4-3-11(15)5-13(12)19-14;/h3-5,9-10,16H,6-8H2,1-2H3;1H/t9-,10+;. The molecule has 0 amide bonds. The Hall–Kier alpha value is -0.750. The van der Waals surface area contributed by atoms with Gasteiger partial charge in [0.25, 0.3) is 0 Å². The first kappa shape index (κ1) is 15.6. The summed E-state index contributed by atoms with van der Waals surface area (Å²) in [4.78, 5) is 7.07. The maximum absolute atomic E-state index is 13.2. The van der Waals surface area contributed by atoms with Crippen LogP contribution in [0.3, 0.4) is 0 Å². The zero-order valence-corrected chi connectivity index (χ0v) is 13.2. The highest BCUT2D eigenvalue weighted by Gasteiger charge is 2.25. The van der Waals surface area contributed by atoms with Crippen LogP contribution in [0.25, 0.3) is 10.2 Å². The van der Waals surface area contributed by atoms with E-state index in [1.807, 2.05) is 0 Å². The summed E-state index contributed by atoms with van der Waals surface area (Å²) in [5, 5.41) is 4.50. The van der Waals surface area contributed by atoms with E-state index in [2.05, 4.69) is 29.0 Å². The number of halogens is 2.